The van der Waals surface area contributed by atoms with Crippen LogP contribution in [0.5, 0.6) is 0 Å². The van der Waals surface area contributed by atoms with Crippen LogP contribution in [0, 0.1) is 5.41 Å². The second-order valence-corrected chi connectivity index (χ2v) is 5.06. The Kier molecular flexibility index (Phi) is 3.79. The molecular formula is C10H21N5. The van der Waals surface area contributed by atoms with E-state index in [0.717, 1.165) is 25.1 Å². The summed E-state index contributed by atoms with van der Waals surface area (Å²) in [5.74, 6) is 0.804. The van der Waals surface area contributed by atoms with E-state index in [1.165, 1.54) is 4.80 Å². The Labute approximate surface area is 91.0 Å². The molecule has 5 heteroatoms. The van der Waals surface area contributed by atoms with Crippen molar-refractivity contribution in [2.24, 2.45) is 18.2 Å². The van der Waals surface area contributed by atoms with Crippen molar-refractivity contribution in [1.29, 1.82) is 0 Å². The highest BCUT2D eigenvalue weighted by atomic mass is 15.6. The lowest BCUT2D eigenvalue weighted by molar-refractivity contribution is 0.301. The molecule has 1 aromatic rings. The zero-order valence-electron chi connectivity index (χ0n) is 10.1. The molecule has 2 N–H and O–H groups in total. The molecule has 0 spiro atoms. The molecule has 0 amide bonds. The maximum absolute atomic E-state index is 6.06. The van der Waals surface area contributed by atoms with Crippen molar-refractivity contribution in [2.45, 2.75) is 46.1 Å². The predicted molar refractivity (Wildman–Crippen MR) is 59.2 cm³/mol. The Balaban J connectivity index is 2.28. The summed E-state index contributed by atoms with van der Waals surface area (Å²) in [6.07, 6.45) is 2.88. The van der Waals surface area contributed by atoms with Crippen LogP contribution >= 0.6 is 0 Å². The number of hydrogen-bond acceptors (Lipinski definition) is 4. The SMILES string of the molecule is Cn1nnc(CCCC(N)C(C)(C)C)n1. The molecule has 1 unspecified atom stereocenters. The van der Waals surface area contributed by atoms with E-state index < -0.39 is 0 Å². The van der Waals surface area contributed by atoms with Gasteiger partial charge >= 0.3 is 0 Å². The van der Waals surface area contributed by atoms with E-state index in [4.69, 9.17) is 5.73 Å². The Morgan fingerprint density at radius 1 is 1.40 bits per heavy atom. The molecule has 1 atom stereocenters. The normalized spacial score (nSPS) is 14.2. The summed E-state index contributed by atoms with van der Waals surface area (Å²) in [5.41, 5.74) is 6.23. The lowest BCUT2D eigenvalue weighted by atomic mass is 9.84. The fourth-order valence-corrected chi connectivity index (χ4v) is 1.34. The molecule has 86 valence electrons. The van der Waals surface area contributed by atoms with Crippen LogP contribution in [0.15, 0.2) is 0 Å². The van der Waals surface area contributed by atoms with Crippen molar-refractivity contribution in [3.63, 3.8) is 0 Å². The Morgan fingerprint density at radius 3 is 2.53 bits per heavy atom. The van der Waals surface area contributed by atoms with Crippen LogP contribution in [0.25, 0.3) is 0 Å². The van der Waals surface area contributed by atoms with Crippen molar-refractivity contribution < 1.29 is 0 Å². The Hall–Kier alpha value is -0.970. The predicted octanol–water partition coefficient (Wildman–Crippen LogP) is 0.906. The second-order valence-electron chi connectivity index (χ2n) is 5.06. The molecule has 0 saturated carbocycles. The minimum atomic E-state index is 0.176. The van der Waals surface area contributed by atoms with Gasteiger partial charge in [0, 0.05) is 12.5 Å². The number of hydrogen-bond donors (Lipinski definition) is 1. The van der Waals surface area contributed by atoms with Crippen molar-refractivity contribution in [3.05, 3.63) is 5.82 Å². The van der Waals surface area contributed by atoms with Gasteiger partial charge in [-0.25, -0.2) is 0 Å². The number of nitrogens with zero attached hydrogens (tertiary/aromatic N) is 4. The van der Waals surface area contributed by atoms with Gasteiger partial charge in [-0.05, 0) is 23.5 Å². The molecule has 1 aromatic heterocycles. The number of nitrogens with two attached hydrogens (primary N) is 1. The lowest BCUT2D eigenvalue weighted by Gasteiger charge is -2.26. The molecule has 1 heterocycles. The first kappa shape index (κ1) is 12.1. The van der Waals surface area contributed by atoms with Crippen molar-refractivity contribution in [3.8, 4) is 0 Å². The summed E-state index contributed by atoms with van der Waals surface area (Å²) in [7, 11) is 1.78. The van der Waals surface area contributed by atoms with Gasteiger partial charge in [-0.1, -0.05) is 20.8 Å². The fourth-order valence-electron chi connectivity index (χ4n) is 1.34. The van der Waals surface area contributed by atoms with Crippen molar-refractivity contribution in [2.75, 3.05) is 0 Å². The van der Waals surface area contributed by atoms with E-state index in [1.807, 2.05) is 0 Å². The van der Waals surface area contributed by atoms with Gasteiger partial charge in [0.15, 0.2) is 5.82 Å². The zero-order chi connectivity index (χ0) is 11.5. The van der Waals surface area contributed by atoms with E-state index in [9.17, 15) is 0 Å². The van der Waals surface area contributed by atoms with Crippen LogP contribution < -0.4 is 5.73 Å². The molecule has 1 rings (SSSR count). The third-order valence-electron chi connectivity index (χ3n) is 2.58. The van der Waals surface area contributed by atoms with E-state index >= 15 is 0 Å². The van der Waals surface area contributed by atoms with Crippen LogP contribution in [0.3, 0.4) is 0 Å². The molecule has 0 aliphatic carbocycles. The highest BCUT2D eigenvalue weighted by Gasteiger charge is 2.19. The maximum Gasteiger partial charge on any atom is 0.174 e. The second kappa shape index (κ2) is 4.70. The Bertz CT molecular complexity index is 299. The van der Waals surface area contributed by atoms with Gasteiger partial charge in [-0.3, -0.25) is 0 Å². The van der Waals surface area contributed by atoms with E-state index in [0.29, 0.717) is 0 Å². The highest BCUT2D eigenvalue weighted by molar-refractivity contribution is 4.81. The first-order valence-corrected chi connectivity index (χ1v) is 5.38. The van der Waals surface area contributed by atoms with Gasteiger partial charge in [0.1, 0.15) is 0 Å². The molecule has 0 radical (unpaired) electrons. The third-order valence-corrected chi connectivity index (χ3v) is 2.58. The minimum Gasteiger partial charge on any atom is -0.327 e. The molecule has 0 bridgehead atoms. The van der Waals surface area contributed by atoms with Gasteiger partial charge in [0.05, 0.1) is 7.05 Å². The van der Waals surface area contributed by atoms with Crippen LogP contribution in [0.2, 0.25) is 0 Å². The maximum atomic E-state index is 6.06. The van der Waals surface area contributed by atoms with Crippen LogP contribution in [-0.4, -0.2) is 26.2 Å². The van der Waals surface area contributed by atoms with Gasteiger partial charge in [0.2, 0.25) is 0 Å². The summed E-state index contributed by atoms with van der Waals surface area (Å²) in [4.78, 5) is 1.49. The highest BCUT2D eigenvalue weighted by Crippen LogP contribution is 2.21. The van der Waals surface area contributed by atoms with Crippen LogP contribution in [0.4, 0.5) is 0 Å². The molecule has 0 fully saturated rings. The first-order valence-electron chi connectivity index (χ1n) is 5.38. The monoisotopic (exact) mass is 211 g/mol. The smallest absolute Gasteiger partial charge is 0.174 e. The zero-order valence-corrected chi connectivity index (χ0v) is 10.1. The standard InChI is InChI=1S/C10H21N5/c1-10(2,3)8(11)6-5-7-9-12-14-15(4)13-9/h8H,5-7,11H2,1-4H3. The van der Waals surface area contributed by atoms with E-state index in [-0.39, 0.29) is 11.5 Å². The molecule has 0 aromatic carbocycles. The first-order chi connectivity index (χ1) is 6.89. The largest absolute Gasteiger partial charge is 0.327 e. The topological polar surface area (TPSA) is 69.6 Å². The molecule has 5 nitrogen and oxygen atoms in total. The number of tetrazole rings is 1. The van der Waals surface area contributed by atoms with E-state index in [1.54, 1.807) is 7.05 Å². The number of rotatable bonds is 4. The molecular weight excluding hydrogens is 190 g/mol. The van der Waals surface area contributed by atoms with Crippen LogP contribution in [-0.2, 0) is 13.5 Å². The molecule has 15 heavy (non-hydrogen) atoms. The van der Waals surface area contributed by atoms with E-state index in [2.05, 4.69) is 36.2 Å². The summed E-state index contributed by atoms with van der Waals surface area (Å²) in [5, 5.41) is 11.8. The Morgan fingerprint density at radius 2 is 2.07 bits per heavy atom. The van der Waals surface area contributed by atoms with Gasteiger partial charge in [0.25, 0.3) is 0 Å². The minimum absolute atomic E-state index is 0.176. The summed E-state index contributed by atoms with van der Waals surface area (Å²) in [6, 6.07) is 0.231. The quantitative estimate of drug-likeness (QED) is 0.803. The molecule has 0 aliphatic heterocycles. The molecule has 0 saturated heterocycles. The fraction of sp³-hybridized carbons (Fsp3) is 0.900. The van der Waals surface area contributed by atoms with Crippen LogP contribution in [0.1, 0.15) is 39.4 Å². The number of aromatic nitrogens is 4. The summed E-state index contributed by atoms with van der Waals surface area (Å²) >= 11 is 0. The van der Waals surface area contributed by atoms with Gasteiger partial charge in [-0.15, -0.1) is 10.2 Å². The summed E-state index contributed by atoms with van der Waals surface area (Å²) < 4.78 is 0. The summed E-state index contributed by atoms with van der Waals surface area (Å²) in [6.45, 7) is 6.49. The average molecular weight is 211 g/mol. The van der Waals surface area contributed by atoms with Crippen molar-refractivity contribution in [1.82, 2.24) is 20.2 Å². The van der Waals surface area contributed by atoms with Gasteiger partial charge < -0.3 is 5.73 Å². The van der Waals surface area contributed by atoms with Gasteiger partial charge in [-0.2, -0.15) is 4.80 Å². The average Bonchev–Trinajstić information content (AvgIpc) is 2.49. The number of aryl methyl sites for hydroxylation is 2. The third kappa shape index (κ3) is 3.95. The lowest BCUT2D eigenvalue weighted by Crippen LogP contribution is -2.34. The molecule has 0 aliphatic rings. The van der Waals surface area contributed by atoms with Crippen molar-refractivity contribution >= 4 is 0 Å².